The average Bonchev–Trinajstić information content (AvgIpc) is 2.85. The van der Waals surface area contributed by atoms with Crippen molar-refractivity contribution in [3.05, 3.63) is 64.1 Å². The first kappa shape index (κ1) is 12.3. The SMILES string of the molecule is Cc1ccc(C(C)(O)c2cncc3ccccc23)s1. The lowest BCUT2D eigenvalue weighted by atomic mass is 9.91. The number of fused-ring (bicyclic) bond motifs is 1. The molecule has 0 spiro atoms. The van der Waals surface area contributed by atoms with Crippen LogP contribution in [0.2, 0.25) is 0 Å². The fourth-order valence-corrected chi connectivity index (χ4v) is 3.26. The third-order valence-corrected chi connectivity index (χ3v) is 4.62. The molecular weight excluding hydrogens is 254 g/mol. The van der Waals surface area contributed by atoms with Crippen molar-refractivity contribution in [2.24, 2.45) is 0 Å². The molecule has 2 aromatic heterocycles. The topological polar surface area (TPSA) is 33.1 Å². The van der Waals surface area contributed by atoms with E-state index in [4.69, 9.17) is 0 Å². The van der Waals surface area contributed by atoms with Crippen molar-refractivity contribution in [3.63, 3.8) is 0 Å². The maximum atomic E-state index is 10.9. The van der Waals surface area contributed by atoms with Crippen LogP contribution in [-0.4, -0.2) is 10.1 Å². The van der Waals surface area contributed by atoms with E-state index in [1.165, 1.54) is 4.88 Å². The molecule has 0 aliphatic heterocycles. The zero-order valence-electron chi connectivity index (χ0n) is 10.9. The molecule has 0 amide bonds. The van der Waals surface area contributed by atoms with Gasteiger partial charge in [-0.3, -0.25) is 4.98 Å². The van der Waals surface area contributed by atoms with Crippen LogP contribution in [0.15, 0.2) is 48.8 Å². The summed E-state index contributed by atoms with van der Waals surface area (Å²) in [4.78, 5) is 6.40. The van der Waals surface area contributed by atoms with Gasteiger partial charge in [-0.2, -0.15) is 0 Å². The lowest BCUT2D eigenvalue weighted by molar-refractivity contribution is 0.107. The minimum Gasteiger partial charge on any atom is -0.380 e. The Morgan fingerprint density at radius 3 is 2.63 bits per heavy atom. The van der Waals surface area contributed by atoms with E-state index >= 15 is 0 Å². The first-order valence-electron chi connectivity index (χ1n) is 6.21. The predicted molar refractivity (Wildman–Crippen MR) is 79.5 cm³/mol. The van der Waals surface area contributed by atoms with Crippen LogP contribution in [0.1, 0.15) is 22.2 Å². The first-order chi connectivity index (χ1) is 9.09. The highest BCUT2D eigenvalue weighted by Crippen LogP contribution is 2.36. The number of nitrogens with zero attached hydrogens (tertiary/aromatic N) is 1. The zero-order valence-corrected chi connectivity index (χ0v) is 11.7. The molecule has 1 N–H and O–H groups in total. The lowest BCUT2D eigenvalue weighted by Gasteiger charge is -2.23. The molecule has 0 bridgehead atoms. The third-order valence-electron chi connectivity index (χ3n) is 3.41. The first-order valence-corrected chi connectivity index (χ1v) is 7.03. The van der Waals surface area contributed by atoms with Gasteiger partial charge in [0, 0.05) is 33.1 Å². The summed E-state index contributed by atoms with van der Waals surface area (Å²) in [6.45, 7) is 3.88. The highest BCUT2D eigenvalue weighted by atomic mass is 32.1. The van der Waals surface area contributed by atoms with E-state index in [0.29, 0.717) is 0 Å². The van der Waals surface area contributed by atoms with Crippen molar-refractivity contribution in [1.29, 1.82) is 0 Å². The number of benzene rings is 1. The summed E-state index contributed by atoms with van der Waals surface area (Å²) in [6.07, 6.45) is 3.59. The lowest BCUT2D eigenvalue weighted by Crippen LogP contribution is -2.22. The van der Waals surface area contributed by atoms with Crippen LogP contribution < -0.4 is 0 Å². The Balaban J connectivity index is 2.23. The molecule has 2 nitrogen and oxygen atoms in total. The highest BCUT2D eigenvalue weighted by Gasteiger charge is 2.29. The van der Waals surface area contributed by atoms with Gasteiger partial charge in [-0.1, -0.05) is 24.3 Å². The van der Waals surface area contributed by atoms with E-state index in [2.05, 4.69) is 4.98 Å². The Bertz CT molecular complexity index is 725. The van der Waals surface area contributed by atoms with E-state index in [9.17, 15) is 5.11 Å². The predicted octanol–water partition coefficient (Wildman–Crippen LogP) is 3.86. The number of aromatic nitrogens is 1. The van der Waals surface area contributed by atoms with Crippen LogP contribution >= 0.6 is 11.3 Å². The quantitative estimate of drug-likeness (QED) is 0.766. The van der Waals surface area contributed by atoms with Gasteiger partial charge in [-0.15, -0.1) is 11.3 Å². The van der Waals surface area contributed by atoms with Gasteiger partial charge in [0.15, 0.2) is 0 Å². The van der Waals surface area contributed by atoms with Crippen molar-refractivity contribution in [2.45, 2.75) is 19.4 Å². The third kappa shape index (κ3) is 2.05. The highest BCUT2D eigenvalue weighted by molar-refractivity contribution is 7.12. The molecule has 1 unspecified atom stereocenters. The van der Waals surface area contributed by atoms with Crippen molar-refractivity contribution in [3.8, 4) is 0 Å². The maximum Gasteiger partial charge on any atom is 0.123 e. The number of rotatable bonds is 2. The van der Waals surface area contributed by atoms with Crippen molar-refractivity contribution in [2.75, 3.05) is 0 Å². The molecule has 19 heavy (non-hydrogen) atoms. The number of thiophene rings is 1. The molecule has 0 saturated carbocycles. The Labute approximate surface area is 116 Å². The summed E-state index contributed by atoms with van der Waals surface area (Å²) < 4.78 is 0. The van der Waals surface area contributed by atoms with Crippen molar-refractivity contribution >= 4 is 22.1 Å². The monoisotopic (exact) mass is 269 g/mol. The number of hydrogen-bond acceptors (Lipinski definition) is 3. The Kier molecular flexibility index (Phi) is 2.88. The summed E-state index contributed by atoms with van der Waals surface area (Å²) >= 11 is 1.62. The molecule has 3 rings (SSSR count). The molecule has 1 aromatic carbocycles. The van der Waals surface area contributed by atoms with Gasteiger partial charge in [0.25, 0.3) is 0 Å². The molecule has 0 aliphatic carbocycles. The smallest absolute Gasteiger partial charge is 0.123 e. The summed E-state index contributed by atoms with van der Waals surface area (Å²) in [6, 6.07) is 12.0. The van der Waals surface area contributed by atoms with E-state index in [1.54, 1.807) is 17.5 Å². The van der Waals surface area contributed by atoms with Crippen LogP contribution in [0.4, 0.5) is 0 Å². The molecule has 2 heterocycles. The molecular formula is C16H15NOS. The normalized spacial score (nSPS) is 14.5. The number of aryl methyl sites for hydroxylation is 1. The number of hydrogen-bond donors (Lipinski definition) is 1. The summed E-state index contributed by atoms with van der Waals surface area (Å²) in [7, 11) is 0. The van der Waals surface area contributed by atoms with Gasteiger partial charge in [-0.05, 0) is 31.4 Å². The number of pyridine rings is 1. The summed E-state index contributed by atoms with van der Waals surface area (Å²) in [5.74, 6) is 0. The fraction of sp³-hybridized carbons (Fsp3) is 0.188. The molecule has 96 valence electrons. The van der Waals surface area contributed by atoms with E-state index in [-0.39, 0.29) is 0 Å². The molecule has 1 atom stereocenters. The Hall–Kier alpha value is -1.71. The fourth-order valence-electron chi connectivity index (χ4n) is 2.33. The van der Waals surface area contributed by atoms with Gasteiger partial charge >= 0.3 is 0 Å². The minimum absolute atomic E-state index is 0.854. The molecule has 0 fully saturated rings. The van der Waals surface area contributed by atoms with E-state index < -0.39 is 5.60 Å². The van der Waals surface area contributed by atoms with Gasteiger partial charge < -0.3 is 5.11 Å². The largest absolute Gasteiger partial charge is 0.380 e. The summed E-state index contributed by atoms with van der Waals surface area (Å²) in [5.41, 5.74) is -0.153. The maximum absolute atomic E-state index is 10.9. The molecule has 0 radical (unpaired) electrons. The van der Waals surface area contributed by atoms with E-state index in [1.807, 2.05) is 56.4 Å². The van der Waals surface area contributed by atoms with Gasteiger partial charge in [0.2, 0.25) is 0 Å². The van der Waals surface area contributed by atoms with Crippen LogP contribution in [-0.2, 0) is 5.60 Å². The van der Waals surface area contributed by atoms with Crippen LogP contribution in [0.3, 0.4) is 0 Å². The molecule has 3 aromatic rings. The second kappa shape index (κ2) is 4.44. The van der Waals surface area contributed by atoms with Crippen molar-refractivity contribution in [1.82, 2.24) is 4.98 Å². The average molecular weight is 269 g/mol. The van der Waals surface area contributed by atoms with Gasteiger partial charge in [0.1, 0.15) is 5.60 Å². The molecule has 0 aliphatic rings. The number of aliphatic hydroxyl groups is 1. The Morgan fingerprint density at radius 1 is 1.11 bits per heavy atom. The molecule has 3 heteroatoms. The standard InChI is InChI=1S/C16H15NOS/c1-11-7-8-15(19-11)16(2,18)14-10-17-9-12-5-3-4-6-13(12)14/h3-10,18H,1-2H3. The van der Waals surface area contributed by atoms with Crippen LogP contribution in [0.5, 0.6) is 0 Å². The zero-order chi connectivity index (χ0) is 13.5. The second-order valence-electron chi connectivity index (χ2n) is 4.89. The molecule has 0 saturated heterocycles. The van der Waals surface area contributed by atoms with Crippen LogP contribution in [0, 0.1) is 6.92 Å². The minimum atomic E-state index is -1.01. The van der Waals surface area contributed by atoms with E-state index in [0.717, 1.165) is 21.2 Å². The summed E-state index contributed by atoms with van der Waals surface area (Å²) in [5, 5.41) is 13.0. The van der Waals surface area contributed by atoms with Crippen LogP contribution in [0.25, 0.3) is 10.8 Å². The Morgan fingerprint density at radius 2 is 1.89 bits per heavy atom. The second-order valence-corrected chi connectivity index (χ2v) is 6.18. The van der Waals surface area contributed by atoms with Gasteiger partial charge in [0.05, 0.1) is 0 Å². The van der Waals surface area contributed by atoms with Gasteiger partial charge in [-0.25, -0.2) is 0 Å². The van der Waals surface area contributed by atoms with Crippen molar-refractivity contribution < 1.29 is 5.11 Å².